The Morgan fingerprint density at radius 2 is 1.76 bits per heavy atom. The lowest BCUT2D eigenvalue weighted by Crippen LogP contribution is -1.89. The van der Waals surface area contributed by atoms with E-state index in [0.717, 1.165) is 25.0 Å². The number of aryl methyl sites for hydroxylation is 1. The summed E-state index contributed by atoms with van der Waals surface area (Å²) >= 11 is 0. The van der Waals surface area contributed by atoms with Crippen molar-refractivity contribution in [2.75, 3.05) is 13.7 Å². The lowest BCUT2D eigenvalue weighted by atomic mass is 10.0. The maximum Gasteiger partial charge on any atom is 0.119 e. The Balaban J connectivity index is 2.19. The van der Waals surface area contributed by atoms with E-state index in [1.165, 1.54) is 16.3 Å². The van der Waals surface area contributed by atoms with Crippen LogP contribution in [0.3, 0.4) is 0 Å². The molecule has 0 spiro atoms. The highest BCUT2D eigenvalue weighted by Crippen LogP contribution is 2.22. The first kappa shape index (κ1) is 11.9. The molecule has 0 fully saturated rings. The van der Waals surface area contributed by atoms with Crippen LogP contribution in [0.15, 0.2) is 36.4 Å². The SMILES string of the molecule is COc1ccc2cc(CCCCO)ccc2c1. The molecule has 0 saturated carbocycles. The first-order valence-electron chi connectivity index (χ1n) is 6.01. The Bertz CT molecular complexity index is 491. The van der Waals surface area contributed by atoms with Crippen molar-refractivity contribution in [1.29, 1.82) is 0 Å². The van der Waals surface area contributed by atoms with Crippen LogP contribution in [0.5, 0.6) is 5.75 Å². The van der Waals surface area contributed by atoms with Gasteiger partial charge in [-0.05, 0) is 47.7 Å². The Morgan fingerprint density at radius 3 is 2.53 bits per heavy atom. The molecule has 0 aliphatic heterocycles. The molecule has 0 radical (unpaired) electrons. The van der Waals surface area contributed by atoms with E-state index in [2.05, 4.69) is 24.3 Å². The number of rotatable bonds is 5. The zero-order valence-corrected chi connectivity index (χ0v) is 10.1. The molecule has 0 amide bonds. The van der Waals surface area contributed by atoms with Gasteiger partial charge in [0.1, 0.15) is 5.75 Å². The minimum Gasteiger partial charge on any atom is -0.497 e. The van der Waals surface area contributed by atoms with Crippen molar-refractivity contribution in [3.8, 4) is 5.75 Å². The van der Waals surface area contributed by atoms with Crippen LogP contribution in [-0.4, -0.2) is 18.8 Å². The summed E-state index contributed by atoms with van der Waals surface area (Å²) in [5.74, 6) is 0.894. The summed E-state index contributed by atoms with van der Waals surface area (Å²) in [7, 11) is 1.68. The zero-order valence-electron chi connectivity index (χ0n) is 10.1. The first-order chi connectivity index (χ1) is 8.33. The molecule has 0 bridgehead atoms. The van der Waals surface area contributed by atoms with Gasteiger partial charge in [0.25, 0.3) is 0 Å². The van der Waals surface area contributed by atoms with Crippen LogP contribution >= 0.6 is 0 Å². The van der Waals surface area contributed by atoms with Gasteiger partial charge in [-0.25, -0.2) is 0 Å². The number of ether oxygens (including phenoxy) is 1. The van der Waals surface area contributed by atoms with Gasteiger partial charge in [-0.15, -0.1) is 0 Å². The predicted molar refractivity (Wildman–Crippen MR) is 70.5 cm³/mol. The summed E-state index contributed by atoms with van der Waals surface area (Å²) in [5, 5.41) is 11.2. The number of methoxy groups -OCH3 is 1. The Morgan fingerprint density at radius 1 is 1.00 bits per heavy atom. The topological polar surface area (TPSA) is 29.5 Å². The van der Waals surface area contributed by atoms with Crippen LogP contribution in [0.25, 0.3) is 10.8 Å². The average Bonchev–Trinajstić information content (AvgIpc) is 2.38. The Labute approximate surface area is 102 Å². The summed E-state index contributed by atoms with van der Waals surface area (Å²) < 4.78 is 5.20. The van der Waals surface area contributed by atoms with Gasteiger partial charge in [-0.1, -0.05) is 24.3 Å². The van der Waals surface area contributed by atoms with E-state index in [0.29, 0.717) is 0 Å². The van der Waals surface area contributed by atoms with E-state index in [9.17, 15) is 0 Å². The molecule has 2 aromatic carbocycles. The van der Waals surface area contributed by atoms with E-state index in [-0.39, 0.29) is 6.61 Å². The third-order valence-corrected chi connectivity index (χ3v) is 2.99. The highest BCUT2D eigenvalue weighted by Gasteiger charge is 1.99. The van der Waals surface area contributed by atoms with Crippen LogP contribution in [0.1, 0.15) is 18.4 Å². The average molecular weight is 230 g/mol. The second kappa shape index (κ2) is 5.69. The second-order valence-corrected chi connectivity index (χ2v) is 4.23. The lowest BCUT2D eigenvalue weighted by molar-refractivity contribution is 0.284. The number of benzene rings is 2. The monoisotopic (exact) mass is 230 g/mol. The molecule has 2 heteroatoms. The van der Waals surface area contributed by atoms with Crippen molar-refractivity contribution in [2.24, 2.45) is 0 Å². The number of fused-ring (bicyclic) bond motifs is 1. The van der Waals surface area contributed by atoms with Crippen molar-refractivity contribution in [3.05, 3.63) is 42.0 Å². The fourth-order valence-electron chi connectivity index (χ4n) is 2.00. The standard InChI is InChI=1S/C15H18O2/c1-17-15-8-7-13-10-12(4-2-3-9-16)5-6-14(13)11-15/h5-8,10-11,16H,2-4,9H2,1H3. The van der Waals surface area contributed by atoms with Crippen LogP contribution < -0.4 is 4.74 Å². The van der Waals surface area contributed by atoms with Gasteiger partial charge >= 0.3 is 0 Å². The molecule has 0 heterocycles. The maximum absolute atomic E-state index is 8.76. The van der Waals surface area contributed by atoms with Crippen molar-refractivity contribution in [3.63, 3.8) is 0 Å². The molecule has 1 N–H and O–H groups in total. The molecule has 2 nitrogen and oxygen atoms in total. The van der Waals surface area contributed by atoms with Crippen molar-refractivity contribution in [1.82, 2.24) is 0 Å². The molecule has 0 aromatic heterocycles. The zero-order chi connectivity index (χ0) is 12.1. The summed E-state index contributed by atoms with van der Waals surface area (Å²) in [6, 6.07) is 12.6. The third-order valence-electron chi connectivity index (χ3n) is 2.99. The van der Waals surface area contributed by atoms with Gasteiger partial charge in [0.2, 0.25) is 0 Å². The summed E-state index contributed by atoms with van der Waals surface area (Å²) in [6.45, 7) is 0.283. The van der Waals surface area contributed by atoms with Crippen LogP contribution in [0.4, 0.5) is 0 Å². The van der Waals surface area contributed by atoms with Gasteiger partial charge in [-0.3, -0.25) is 0 Å². The van der Waals surface area contributed by atoms with Crippen LogP contribution in [0.2, 0.25) is 0 Å². The van der Waals surface area contributed by atoms with Gasteiger partial charge < -0.3 is 9.84 Å². The minimum atomic E-state index is 0.283. The number of unbranched alkanes of at least 4 members (excludes halogenated alkanes) is 1. The predicted octanol–water partition coefficient (Wildman–Crippen LogP) is 3.16. The van der Waals surface area contributed by atoms with E-state index < -0.39 is 0 Å². The number of aliphatic hydroxyl groups is 1. The normalized spacial score (nSPS) is 10.7. The molecule has 0 saturated heterocycles. The largest absolute Gasteiger partial charge is 0.497 e. The van der Waals surface area contributed by atoms with Gasteiger partial charge in [-0.2, -0.15) is 0 Å². The molecule has 2 aromatic rings. The van der Waals surface area contributed by atoms with Gasteiger partial charge in [0.15, 0.2) is 0 Å². The molecule has 0 aliphatic carbocycles. The first-order valence-corrected chi connectivity index (χ1v) is 6.01. The number of hydrogen-bond acceptors (Lipinski definition) is 2. The van der Waals surface area contributed by atoms with Gasteiger partial charge in [0.05, 0.1) is 7.11 Å². The van der Waals surface area contributed by atoms with Gasteiger partial charge in [0, 0.05) is 6.61 Å². The number of aliphatic hydroxyl groups excluding tert-OH is 1. The quantitative estimate of drug-likeness (QED) is 0.799. The summed E-state index contributed by atoms with van der Waals surface area (Å²) in [5.41, 5.74) is 1.33. The molecule has 0 unspecified atom stereocenters. The molecule has 0 aliphatic rings. The van der Waals surface area contributed by atoms with E-state index in [4.69, 9.17) is 9.84 Å². The molecule has 17 heavy (non-hydrogen) atoms. The molecule has 0 atom stereocenters. The maximum atomic E-state index is 8.76. The van der Waals surface area contributed by atoms with E-state index >= 15 is 0 Å². The van der Waals surface area contributed by atoms with Crippen LogP contribution in [0, 0.1) is 0 Å². The summed E-state index contributed by atoms with van der Waals surface area (Å²) in [6.07, 6.45) is 2.95. The van der Waals surface area contributed by atoms with Crippen molar-refractivity contribution in [2.45, 2.75) is 19.3 Å². The van der Waals surface area contributed by atoms with Crippen molar-refractivity contribution < 1.29 is 9.84 Å². The molecular weight excluding hydrogens is 212 g/mol. The Hall–Kier alpha value is -1.54. The van der Waals surface area contributed by atoms with E-state index in [1.807, 2.05) is 12.1 Å². The molecular formula is C15H18O2. The van der Waals surface area contributed by atoms with E-state index in [1.54, 1.807) is 7.11 Å². The fourth-order valence-corrected chi connectivity index (χ4v) is 2.00. The second-order valence-electron chi connectivity index (χ2n) is 4.23. The lowest BCUT2D eigenvalue weighted by Gasteiger charge is -2.05. The third kappa shape index (κ3) is 2.98. The molecule has 90 valence electrons. The Kier molecular flexibility index (Phi) is 3.99. The fraction of sp³-hybridized carbons (Fsp3) is 0.333. The number of hydrogen-bond donors (Lipinski definition) is 1. The highest BCUT2D eigenvalue weighted by atomic mass is 16.5. The minimum absolute atomic E-state index is 0.283. The molecule has 2 rings (SSSR count). The van der Waals surface area contributed by atoms with Crippen molar-refractivity contribution >= 4 is 10.8 Å². The summed E-state index contributed by atoms with van der Waals surface area (Å²) in [4.78, 5) is 0. The smallest absolute Gasteiger partial charge is 0.119 e. The van der Waals surface area contributed by atoms with Crippen LogP contribution in [-0.2, 0) is 6.42 Å². The highest BCUT2D eigenvalue weighted by molar-refractivity contribution is 5.84.